The maximum Gasteiger partial charge on any atom is 0.335 e. The number of thioether (sulfide) groups is 1. The number of hydrogen-bond donors (Lipinski definition) is 2. The van der Waals surface area contributed by atoms with E-state index < -0.39 is 22.9 Å². The highest BCUT2D eigenvalue weighted by Crippen LogP contribution is 2.30. The van der Waals surface area contributed by atoms with Gasteiger partial charge in [-0.1, -0.05) is 48.2 Å². The summed E-state index contributed by atoms with van der Waals surface area (Å²) in [6.07, 6.45) is 1.46. The van der Waals surface area contributed by atoms with Crippen molar-refractivity contribution in [3.8, 4) is 0 Å². The molecule has 1 heterocycles. The number of anilines is 1. The molecule has 7 nitrogen and oxygen atoms in total. The second-order valence-corrected chi connectivity index (χ2v) is 9.36. The maximum absolute atomic E-state index is 13.4. The van der Waals surface area contributed by atoms with E-state index in [9.17, 15) is 23.9 Å². The molecule has 9 heteroatoms. The lowest BCUT2D eigenvalue weighted by Crippen LogP contribution is -2.45. The first-order valence-electron chi connectivity index (χ1n) is 11.4. The van der Waals surface area contributed by atoms with Gasteiger partial charge in [-0.3, -0.25) is 14.5 Å². The predicted octanol–water partition coefficient (Wildman–Crippen LogP) is 5.12. The van der Waals surface area contributed by atoms with Crippen molar-refractivity contribution in [3.63, 3.8) is 0 Å². The summed E-state index contributed by atoms with van der Waals surface area (Å²) in [5.74, 6) is -2.16. The third-order valence-corrected chi connectivity index (χ3v) is 6.74. The molecular formula is C27H24FN3O4S. The zero-order valence-electron chi connectivity index (χ0n) is 19.3. The molecule has 1 aliphatic rings. The molecule has 1 aliphatic heterocycles. The highest BCUT2D eigenvalue weighted by atomic mass is 32.2. The molecule has 4 rings (SSSR count). The molecule has 0 bridgehead atoms. The average Bonchev–Trinajstić information content (AvgIpc) is 2.87. The van der Waals surface area contributed by atoms with Gasteiger partial charge in [-0.15, -0.1) is 0 Å². The van der Waals surface area contributed by atoms with Crippen molar-refractivity contribution >= 4 is 46.1 Å². The van der Waals surface area contributed by atoms with E-state index in [-0.39, 0.29) is 17.9 Å². The van der Waals surface area contributed by atoms with Crippen LogP contribution < -0.4 is 5.32 Å². The third-order valence-electron chi connectivity index (χ3n) is 5.55. The van der Waals surface area contributed by atoms with Crippen molar-refractivity contribution < 1.29 is 23.9 Å². The molecule has 0 aromatic heterocycles. The van der Waals surface area contributed by atoms with Crippen LogP contribution in [0.3, 0.4) is 0 Å². The van der Waals surface area contributed by atoms with Gasteiger partial charge in [0, 0.05) is 18.7 Å². The summed E-state index contributed by atoms with van der Waals surface area (Å²) in [5.41, 5.74) is 2.00. The van der Waals surface area contributed by atoms with Crippen LogP contribution in [0.25, 0.3) is 0 Å². The second-order valence-electron chi connectivity index (χ2n) is 8.19. The van der Waals surface area contributed by atoms with Crippen LogP contribution in [0.1, 0.15) is 28.8 Å². The zero-order chi connectivity index (χ0) is 25.5. The monoisotopic (exact) mass is 505 g/mol. The number of aliphatic imine (C=N–C) groups is 1. The van der Waals surface area contributed by atoms with E-state index in [1.807, 2.05) is 30.3 Å². The molecule has 0 aliphatic carbocycles. The number of rotatable bonds is 8. The van der Waals surface area contributed by atoms with Crippen LogP contribution >= 0.6 is 11.8 Å². The highest BCUT2D eigenvalue weighted by Gasteiger charge is 2.35. The molecule has 1 saturated heterocycles. The zero-order valence-corrected chi connectivity index (χ0v) is 20.1. The molecule has 1 fully saturated rings. The van der Waals surface area contributed by atoms with E-state index in [0.717, 1.165) is 23.7 Å². The van der Waals surface area contributed by atoms with Crippen LogP contribution in [0, 0.1) is 5.82 Å². The highest BCUT2D eigenvalue weighted by molar-refractivity contribution is 8.15. The van der Waals surface area contributed by atoms with Gasteiger partial charge in [0.1, 0.15) is 11.1 Å². The van der Waals surface area contributed by atoms with Crippen molar-refractivity contribution in [2.24, 2.45) is 4.99 Å². The number of amides is 2. The van der Waals surface area contributed by atoms with E-state index in [2.05, 4.69) is 10.3 Å². The number of carbonyl (C=O) groups is 3. The van der Waals surface area contributed by atoms with Gasteiger partial charge in [0.2, 0.25) is 11.8 Å². The number of carboxylic acids is 1. The minimum Gasteiger partial charge on any atom is -0.478 e. The van der Waals surface area contributed by atoms with Crippen LogP contribution in [-0.4, -0.2) is 44.8 Å². The summed E-state index contributed by atoms with van der Waals surface area (Å²) >= 11 is 1.16. The van der Waals surface area contributed by atoms with Crippen LogP contribution in [0.4, 0.5) is 15.8 Å². The Labute approximate surface area is 212 Å². The number of aryl methyl sites for hydroxylation is 1. The first-order valence-corrected chi connectivity index (χ1v) is 12.3. The lowest BCUT2D eigenvalue weighted by Gasteiger charge is -2.32. The summed E-state index contributed by atoms with van der Waals surface area (Å²) in [7, 11) is 0. The molecule has 2 amide bonds. The standard InChI is InChI=1S/C27H24FN3O4S/c28-20-11-13-21(14-12-20)30-27-31(15-5-8-18-6-2-1-3-7-18)24(32)17-23(36-27)25(33)29-22-10-4-9-19(16-22)26(34)35/h1-4,6-7,9-14,16,23H,5,8,15,17H2,(H,29,33)(H,34,35). The number of hydrogen-bond acceptors (Lipinski definition) is 5. The van der Waals surface area contributed by atoms with E-state index in [0.29, 0.717) is 29.5 Å². The fourth-order valence-corrected chi connectivity index (χ4v) is 4.85. The lowest BCUT2D eigenvalue weighted by atomic mass is 10.1. The van der Waals surface area contributed by atoms with Crippen LogP contribution in [0.5, 0.6) is 0 Å². The van der Waals surface area contributed by atoms with E-state index in [1.165, 1.54) is 42.5 Å². The summed E-state index contributed by atoms with van der Waals surface area (Å²) < 4.78 is 13.4. The van der Waals surface area contributed by atoms with Gasteiger partial charge in [0.25, 0.3) is 0 Å². The van der Waals surface area contributed by atoms with Crippen molar-refractivity contribution in [2.45, 2.75) is 24.5 Å². The minimum absolute atomic E-state index is 0.0249. The Kier molecular flexibility index (Phi) is 8.12. The number of amidine groups is 1. The Bertz CT molecular complexity index is 1280. The van der Waals surface area contributed by atoms with Crippen molar-refractivity contribution in [1.82, 2.24) is 4.90 Å². The van der Waals surface area contributed by atoms with Gasteiger partial charge in [-0.25, -0.2) is 14.2 Å². The molecule has 36 heavy (non-hydrogen) atoms. The van der Waals surface area contributed by atoms with Gasteiger partial charge in [0.15, 0.2) is 5.17 Å². The third kappa shape index (κ3) is 6.57. The first kappa shape index (κ1) is 25.1. The summed E-state index contributed by atoms with van der Waals surface area (Å²) in [6.45, 7) is 0.426. The number of carbonyl (C=O) groups excluding carboxylic acids is 2. The Morgan fingerprint density at radius 2 is 1.81 bits per heavy atom. The quantitative estimate of drug-likeness (QED) is 0.443. The van der Waals surface area contributed by atoms with Gasteiger partial charge in [-0.2, -0.15) is 0 Å². The molecule has 3 aromatic carbocycles. The Balaban J connectivity index is 1.51. The molecule has 1 atom stereocenters. The number of nitrogens with one attached hydrogen (secondary N) is 1. The largest absolute Gasteiger partial charge is 0.478 e. The Morgan fingerprint density at radius 3 is 2.53 bits per heavy atom. The molecule has 0 spiro atoms. The van der Waals surface area contributed by atoms with Crippen molar-refractivity contribution in [2.75, 3.05) is 11.9 Å². The van der Waals surface area contributed by atoms with E-state index in [1.54, 1.807) is 11.0 Å². The van der Waals surface area contributed by atoms with Crippen LogP contribution in [0.2, 0.25) is 0 Å². The maximum atomic E-state index is 13.4. The fraction of sp³-hybridized carbons (Fsp3) is 0.185. The topological polar surface area (TPSA) is 99.1 Å². The van der Waals surface area contributed by atoms with E-state index >= 15 is 0 Å². The normalized spacial score (nSPS) is 16.7. The molecular weight excluding hydrogens is 481 g/mol. The molecule has 1 unspecified atom stereocenters. The van der Waals surface area contributed by atoms with Crippen LogP contribution in [-0.2, 0) is 16.0 Å². The SMILES string of the molecule is O=C(O)c1cccc(NC(=O)C2CC(=O)N(CCCc3ccccc3)C(=Nc3ccc(F)cc3)S2)c1. The summed E-state index contributed by atoms with van der Waals surface area (Å²) in [4.78, 5) is 43.5. The summed E-state index contributed by atoms with van der Waals surface area (Å²) in [6, 6.07) is 21.4. The molecule has 0 radical (unpaired) electrons. The van der Waals surface area contributed by atoms with Gasteiger partial charge in [-0.05, 0) is 60.9 Å². The fourth-order valence-electron chi connectivity index (χ4n) is 3.73. The second kappa shape index (κ2) is 11.6. The smallest absolute Gasteiger partial charge is 0.335 e. The lowest BCUT2D eigenvalue weighted by molar-refractivity contribution is -0.129. The number of carboxylic acid groups (broad SMARTS) is 1. The molecule has 0 saturated carbocycles. The Morgan fingerprint density at radius 1 is 1.06 bits per heavy atom. The van der Waals surface area contributed by atoms with Crippen molar-refractivity contribution in [1.29, 1.82) is 0 Å². The van der Waals surface area contributed by atoms with Gasteiger partial charge in [0.05, 0.1) is 11.3 Å². The predicted molar refractivity (Wildman–Crippen MR) is 138 cm³/mol. The minimum atomic E-state index is -1.10. The summed E-state index contributed by atoms with van der Waals surface area (Å²) in [5, 5.41) is 11.5. The average molecular weight is 506 g/mol. The van der Waals surface area contributed by atoms with Crippen molar-refractivity contribution in [3.05, 3.63) is 95.8 Å². The number of aromatic carboxylic acids is 1. The Hall–Kier alpha value is -3.98. The molecule has 2 N–H and O–H groups in total. The van der Waals surface area contributed by atoms with Crippen LogP contribution in [0.15, 0.2) is 83.9 Å². The molecule has 184 valence electrons. The van der Waals surface area contributed by atoms with E-state index in [4.69, 9.17) is 0 Å². The number of benzene rings is 3. The number of nitrogens with zero attached hydrogens (tertiary/aromatic N) is 2. The van der Waals surface area contributed by atoms with Gasteiger partial charge >= 0.3 is 5.97 Å². The molecule has 3 aromatic rings. The number of halogens is 1. The first-order chi connectivity index (χ1) is 17.4. The van der Waals surface area contributed by atoms with Gasteiger partial charge < -0.3 is 10.4 Å².